The highest BCUT2D eigenvalue weighted by Crippen LogP contribution is 2.32. The van der Waals surface area contributed by atoms with Gasteiger partial charge in [0, 0.05) is 0 Å². The second-order valence-corrected chi connectivity index (χ2v) is 8.01. The summed E-state index contributed by atoms with van der Waals surface area (Å²) < 4.78 is 10.4. The Bertz CT molecular complexity index is 376. The van der Waals surface area contributed by atoms with Crippen molar-refractivity contribution in [2.45, 2.75) is 112 Å². The van der Waals surface area contributed by atoms with E-state index in [1.165, 1.54) is 57.8 Å². The number of carbonyl (C=O) groups excluding carboxylic acids is 2. The molecule has 0 saturated carbocycles. The maximum absolute atomic E-state index is 12.5. The smallest absolute Gasteiger partial charge is 0.320 e. The zero-order valence-corrected chi connectivity index (χ0v) is 19.3. The van der Waals surface area contributed by atoms with Crippen molar-refractivity contribution in [2.24, 2.45) is 17.8 Å². The standard InChI is InChI=1S/C24H46O4/c1-6-10-12-14-15-17-19-21(18-16-13-11-7-2)20(5)22(23(25)27-8-3)24(26)28-9-4/h20-22H,6-19H2,1-5H3. The van der Waals surface area contributed by atoms with Crippen molar-refractivity contribution in [1.82, 2.24) is 0 Å². The van der Waals surface area contributed by atoms with Crippen LogP contribution in [0.5, 0.6) is 0 Å². The molecule has 0 rings (SSSR count). The fourth-order valence-corrected chi connectivity index (χ4v) is 3.95. The van der Waals surface area contributed by atoms with Crippen LogP contribution < -0.4 is 0 Å². The number of unbranched alkanes of at least 4 members (excludes halogenated alkanes) is 8. The zero-order chi connectivity index (χ0) is 21.2. The summed E-state index contributed by atoms with van der Waals surface area (Å²) in [4.78, 5) is 25.0. The van der Waals surface area contributed by atoms with Crippen molar-refractivity contribution in [2.75, 3.05) is 13.2 Å². The van der Waals surface area contributed by atoms with Crippen LogP contribution in [0, 0.1) is 17.8 Å². The summed E-state index contributed by atoms with van der Waals surface area (Å²) in [6, 6.07) is 0. The lowest BCUT2D eigenvalue weighted by Crippen LogP contribution is -2.36. The fourth-order valence-electron chi connectivity index (χ4n) is 3.95. The van der Waals surface area contributed by atoms with Gasteiger partial charge < -0.3 is 9.47 Å². The molecule has 0 N–H and O–H groups in total. The summed E-state index contributed by atoms with van der Waals surface area (Å²) in [5.74, 6) is -1.32. The number of ether oxygens (including phenoxy) is 2. The van der Waals surface area contributed by atoms with Gasteiger partial charge in [-0.3, -0.25) is 9.59 Å². The molecule has 0 aliphatic rings. The van der Waals surface area contributed by atoms with Crippen LogP contribution in [0.2, 0.25) is 0 Å². The van der Waals surface area contributed by atoms with Gasteiger partial charge >= 0.3 is 11.9 Å². The van der Waals surface area contributed by atoms with Crippen molar-refractivity contribution in [3.05, 3.63) is 0 Å². The third kappa shape index (κ3) is 11.7. The Morgan fingerprint density at radius 1 is 0.643 bits per heavy atom. The largest absolute Gasteiger partial charge is 0.465 e. The van der Waals surface area contributed by atoms with Crippen LogP contribution in [-0.2, 0) is 19.1 Å². The van der Waals surface area contributed by atoms with Gasteiger partial charge in [0.1, 0.15) is 0 Å². The maximum Gasteiger partial charge on any atom is 0.320 e. The molecule has 0 aromatic carbocycles. The van der Waals surface area contributed by atoms with Gasteiger partial charge in [0.15, 0.2) is 5.92 Å². The van der Waals surface area contributed by atoms with Gasteiger partial charge in [0.05, 0.1) is 13.2 Å². The highest BCUT2D eigenvalue weighted by Gasteiger charge is 2.38. The predicted molar refractivity (Wildman–Crippen MR) is 116 cm³/mol. The lowest BCUT2D eigenvalue weighted by Gasteiger charge is -2.29. The third-order valence-corrected chi connectivity index (χ3v) is 5.71. The molecule has 0 radical (unpaired) electrons. The Hall–Kier alpha value is -1.06. The molecule has 2 unspecified atom stereocenters. The Morgan fingerprint density at radius 3 is 1.46 bits per heavy atom. The van der Waals surface area contributed by atoms with E-state index in [1.807, 2.05) is 6.92 Å². The molecule has 28 heavy (non-hydrogen) atoms. The van der Waals surface area contributed by atoms with Crippen molar-refractivity contribution in [1.29, 1.82) is 0 Å². The normalized spacial score (nSPS) is 13.4. The molecular formula is C24H46O4. The van der Waals surface area contributed by atoms with Gasteiger partial charge in [-0.1, -0.05) is 97.8 Å². The highest BCUT2D eigenvalue weighted by molar-refractivity contribution is 5.95. The predicted octanol–water partition coefficient (Wildman–Crippen LogP) is 6.70. The SMILES string of the molecule is CCCCCCCCC(CCCCCC)C(C)C(C(=O)OCC)C(=O)OCC. The van der Waals surface area contributed by atoms with E-state index in [0.29, 0.717) is 19.1 Å². The second-order valence-electron chi connectivity index (χ2n) is 8.01. The monoisotopic (exact) mass is 398 g/mol. The third-order valence-electron chi connectivity index (χ3n) is 5.71. The Labute approximate surface area is 174 Å². The molecule has 0 fully saturated rings. The first-order valence-electron chi connectivity index (χ1n) is 11.9. The molecule has 0 aliphatic carbocycles. The molecule has 0 amide bonds. The van der Waals surface area contributed by atoms with Crippen molar-refractivity contribution >= 4 is 11.9 Å². The number of hydrogen-bond acceptors (Lipinski definition) is 4. The molecule has 0 aromatic rings. The molecule has 166 valence electrons. The van der Waals surface area contributed by atoms with E-state index in [0.717, 1.165) is 19.3 Å². The summed E-state index contributed by atoms with van der Waals surface area (Å²) >= 11 is 0. The van der Waals surface area contributed by atoms with Gasteiger partial charge in [-0.05, 0) is 25.7 Å². The Balaban J connectivity index is 4.97. The summed E-state index contributed by atoms with van der Waals surface area (Å²) in [5.41, 5.74) is 0. The van der Waals surface area contributed by atoms with E-state index in [4.69, 9.17) is 9.47 Å². The molecule has 0 aromatic heterocycles. The second kappa shape index (κ2) is 18.0. The molecule has 4 heteroatoms. The Kier molecular flexibility index (Phi) is 17.3. The van der Waals surface area contributed by atoms with Crippen LogP contribution in [0.25, 0.3) is 0 Å². The van der Waals surface area contributed by atoms with E-state index in [1.54, 1.807) is 13.8 Å². The van der Waals surface area contributed by atoms with Gasteiger partial charge in [-0.25, -0.2) is 0 Å². The number of carbonyl (C=O) groups is 2. The number of hydrogen-bond donors (Lipinski definition) is 0. The molecule has 0 saturated heterocycles. The summed E-state index contributed by atoms with van der Waals surface area (Å²) in [6.07, 6.45) is 14.6. The minimum absolute atomic E-state index is 0.0460. The van der Waals surface area contributed by atoms with Gasteiger partial charge in [0.25, 0.3) is 0 Å². The lowest BCUT2D eigenvalue weighted by atomic mass is 9.77. The average molecular weight is 399 g/mol. The van der Waals surface area contributed by atoms with E-state index < -0.39 is 17.9 Å². The van der Waals surface area contributed by atoms with Crippen LogP contribution >= 0.6 is 0 Å². The quantitative estimate of drug-likeness (QED) is 0.146. The fraction of sp³-hybridized carbons (Fsp3) is 0.917. The first kappa shape index (κ1) is 26.9. The van der Waals surface area contributed by atoms with Crippen LogP contribution in [0.4, 0.5) is 0 Å². The molecule has 0 aliphatic heterocycles. The highest BCUT2D eigenvalue weighted by atomic mass is 16.6. The molecular weight excluding hydrogens is 352 g/mol. The van der Waals surface area contributed by atoms with E-state index in [9.17, 15) is 9.59 Å². The van der Waals surface area contributed by atoms with Gasteiger partial charge in [-0.15, -0.1) is 0 Å². The Morgan fingerprint density at radius 2 is 1.04 bits per heavy atom. The van der Waals surface area contributed by atoms with Crippen LogP contribution in [0.3, 0.4) is 0 Å². The van der Waals surface area contributed by atoms with Crippen molar-refractivity contribution in [3.8, 4) is 0 Å². The first-order chi connectivity index (χ1) is 13.5. The van der Waals surface area contributed by atoms with E-state index in [2.05, 4.69) is 13.8 Å². The zero-order valence-electron chi connectivity index (χ0n) is 19.3. The summed E-state index contributed by atoms with van der Waals surface area (Å²) in [6.45, 7) is 10.6. The molecule has 0 bridgehead atoms. The molecule has 0 spiro atoms. The van der Waals surface area contributed by atoms with Crippen LogP contribution in [0.15, 0.2) is 0 Å². The van der Waals surface area contributed by atoms with E-state index in [-0.39, 0.29) is 5.92 Å². The molecule has 0 heterocycles. The minimum atomic E-state index is -0.795. The van der Waals surface area contributed by atoms with E-state index >= 15 is 0 Å². The van der Waals surface area contributed by atoms with Crippen molar-refractivity contribution < 1.29 is 19.1 Å². The molecule has 2 atom stereocenters. The summed E-state index contributed by atoms with van der Waals surface area (Å²) in [7, 11) is 0. The van der Waals surface area contributed by atoms with Gasteiger partial charge in [-0.2, -0.15) is 0 Å². The summed E-state index contributed by atoms with van der Waals surface area (Å²) in [5, 5.41) is 0. The van der Waals surface area contributed by atoms with Crippen LogP contribution in [0.1, 0.15) is 112 Å². The average Bonchev–Trinajstić information content (AvgIpc) is 2.66. The van der Waals surface area contributed by atoms with Gasteiger partial charge in [0.2, 0.25) is 0 Å². The minimum Gasteiger partial charge on any atom is -0.465 e. The maximum atomic E-state index is 12.5. The number of rotatable bonds is 18. The molecule has 4 nitrogen and oxygen atoms in total. The van der Waals surface area contributed by atoms with Crippen LogP contribution in [-0.4, -0.2) is 25.2 Å². The number of esters is 2. The lowest BCUT2D eigenvalue weighted by molar-refractivity contribution is -0.165. The first-order valence-corrected chi connectivity index (χ1v) is 11.9. The van der Waals surface area contributed by atoms with Crippen molar-refractivity contribution in [3.63, 3.8) is 0 Å². The topological polar surface area (TPSA) is 52.6 Å².